The third-order valence-corrected chi connectivity index (χ3v) is 9.28. The van der Waals surface area contributed by atoms with E-state index in [0.29, 0.717) is 64.5 Å². The van der Waals surface area contributed by atoms with Crippen molar-refractivity contribution in [1.82, 2.24) is 48.8 Å². The van der Waals surface area contributed by atoms with Crippen molar-refractivity contribution in [2.75, 3.05) is 38.8 Å². The standard InChI is InChI=1S/C16H22N8O3.C15H22N6O3S/c1-8-12(25)13(26)16(27-8)24-7-20-11-14(18-3)21-10(22-15(11)24)5-23(4)9(2)19-6-17;1-7-11(22)12(23)15(24-7)21-6-17-10-13(16-3)18-9(19-14(10)21)5-20(4)8(2)25/h7-8,12-13,16,25-26H,5H2,1-4H3,(H,18,21,22);6-7,11-12,15,22-23H,5H2,1-4H3,(H,16,18,19)/t8-,12?,13?,16?;7-,11-,12-,15-/m11/s1. The smallest absolute Gasteiger partial charge is 0.207 e. The summed E-state index contributed by atoms with van der Waals surface area (Å²) in [6.45, 7) is 7.72. The first kappa shape index (κ1) is 38.5. The highest BCUT2D eigenvalue weighted by molar-refractivity contribution is 7.80. The summed E-state index contributed by atoms with van der Waals surface area (Å²) in [7, 11) is 7.13. The van der Waals surface area contributed by atoms with Crippen LogP contribution in [0.15, 0.2) is 17.6 Å². The fraction of sp³-hybridized carbons (Fsp3) is 0.581. The zero-order valence-corrected chi connectivity index (χ0v) is 30.9. The minimum absolute atomic E-state index is 0.319. The van der Waals surface area contributed by atoms with Gasteiger partial charge in [-0.2, -0.15) is 10.3 Å². The molecule has 0 saturated carbocycles. The van der Waals surface area contributed by atoms with Gasteiger partial charge in [-0.1, -0.05) is 12.2 Å². The molecule has 6 N–H and O–H groups in total. The number of nitrogens with zero attached hydrogens (tertiary/aromatic N) is 12. The minimum Gasteiger partial charge on any atom is -0.388 e. The van der Waals surface area contributed by atoms with Crippen molar-refractivity contribution in [1.29, 1.82) is 5.26 Å². The summed E-state index contributed by atoms with van der Waals surface area (Å²) in [4.78, 5) is 34.8. The van der Waals surface area contributed by atoms with E-state index in [1.807, 2.05) is 18.9 Å². The summed E-state index contributed by atoms with van der Waals surface area (Å²) >= 11 is 5.17. The minimum atomic E-state index is -1.10. The average Bonchev–Trinajstić information content (AvgIpc) is 3.86. The first-order chi connectivity index (χ1) is 24.7. The molecule has 0 bridgehead atoms. The van der Waals surface area contributed by atoms with E-state index in [-0.39, 0.29) is 0 Å². The van der Waals surface area contributed by atoms with Crippen molar-refractivity contribution < 1.29 is 29.9 Å². The SMILES string of the molecule is CNc1nc(CN(C)C(C)=NC#N)nc2c1ncn2C1O[C@H](C)C(O)C1O.CNc1nc(CN(C)C(C)=S)nc2c1ncn2[C@@H]1O[C@H](C)[C@@H](O)[C@H]1O. The topological polar surface area (TPSA) is 253 Å². The molecule has 0 aliphatic carbocycles. The monoisotopic (exact) mass is 740 g/mol. The normalized spacial score (nSPS) is 25.9. The van der Waals surface area contributed by atoms with E-state index < -0.39 is 49.1 Å². The van der Waals surface area contributed by atoms with Crippen molar-refractivity contribution >= 4 is 57.0 Å². The van der Waals surface area contributed by atoms with E-state index in [1.54, 1.807) is 62.1 Å². The second-order valence-corrected chi connectivity index (χ2v) is 13.1. The van der Waals surface area contributed by atoms with Gasteiger partial charge in [0.05, 0.1) is 42.9 Å². The van der Waals surface area contributed by atoms with Gasteiger partial charge < -0.3 is 50.3 Å². The number of hydrogen-bond acceptors (Lipinski definition) is 17. The molecule has 20 nitrogen and oxygen atoms in total. The van der Waals surface area contributed by atoms with E-state index in [2.05, 4.69) is 45.5 Å². The number of thiocarbonyl (C=S) groups is 1. The van der Waals surface area contributed by atoms with Crippen LogP contribution < -0.4 is 10.6 Å². The Bertz CT molecular complexity index is 1980. The first-order valence-corrected chi connectivity index (χ1v) is 16.8. The Morgan fingerprint density at radius 1 is 0.808 bits per heavy atom. The predicted molar refractivity (Wildman–Crippen MR) is 193 cm³/mol. The Labute approximate surface area is 304 Å². The highest BCUT2D eigenvalue weighted by Gasteiger charge is 2.43. The highest BCUT2D eigenvalue weighted by atomic mass is 32.1. The lowest BCUT2D eigenvalue weighted by molar-refractivity contribution is -0.0300. The Morgan fingerprint density at radius 3 is 1.58 bits per heavy atom. The number of rotatable bonds is 8. The molecule has 4 aromatic rings. The number of aliphatic hydroxyl groups is 4. The zero-order chi connectivity index (χ0) is 38.0. The number of fused-ring (bicyclic) bond motifs is 2. The number of aliphatic imine (C=N–C) groups is 1. The maximum absolute atomic E-state index is 10.3. The molecule has 2 aliphatic heterocycles. The summed E-state index contributed by atoms with van der Waals surface area (Å²) in [5.41, 5.74) is 2.09. The number of hydrogen-bond donors (Lipinski definition) is 6. The molecule has 21 heteroatoms. The van der Waals surface area contributed by atoms with Gasteiger partial charge in [0, 0.05) is 28.2 Å². The number of aromatic nitrogens is 8. The van der Waals surface area contributed by atoms with Gasteiger partial charge in [-0.05, 0) is 27.7 Å². The number of ether oxygens (including phenoxy) is 2. The third-order valence-electron chi connectivity index (χ3n) is 8.97. The van der Waals surface area contributed by atoms with Gasteiger partial charge in [0.15, 0.2) is 58.1 Å². The van der Waals surface area contributed by atoms with Crippen LogP contribution in [0.4, 0.5) is 11.6 Å². The second-order valence-electron chi connectivity index (χ2n) is 12.5. The fourth-order valence-electron chi connectivity index (χ4n) is 5.71. The van der Waals surface area contributed by atoms with Crippen LogP contribution in [0.25, 0.3) is 22.3 Å². The van der Waals surface area contributed by atoms with Crippen molar-refractivity contribution in [3.05, 3.63) is 24.3 Å². The molecule has 4 aromatic heterocycles. The van der Waals surface area contributed by atoms with E-state index >= 15 is 0 Å². The molecule has 280 valence electrons. The van der Waals surface area contributed by atoms with Crippen LogP contribution in [0.2, 0.25) is 0 Å². The van der Waals surface area contributed by atoms with Crippen LogP contribution in [0.1, 0.15) is 51.8 Å². The Morgan fingerprint density at radius 2 is 1.23 bits per heavy atom. The molecule has 2 saturated heterocycles. The van der Waals surface area contributed by atoms with Gasteiger partial charge in [-0.25, -0.2) is 29.9 Å². The molecule has 2 aliphatic rings. The molecule has 2 fully saturated rings. The van der Waals surface area contributed by atoms with Gasteiger partial charge in [-0.15, -0.1) is 0 Å². The number of nitriles is 1. The maximum Gasteiger partial charge on any atom is 0.207 e. The molecule has 8 atom stereocenters. The lowest BCUT2D eigenvalue weighted by Crippen LogP contribution is -2.30. The van der Waals surface area contributed by atoms with Gasteiger partial charge in [-0.3, -0.25) is 9.13 Å². The summed E-state index contributed by atoms with van der Waals surface area (Å²) in [6, 6.07) is 0. The van der Waals surface area contributed by atoms with Crippen LogP contribution in [0.5, 0.6) is 0 Å². The molecular formula is C31H44N14O6S. The first-order valence-electron chi connectivity index (χ1n) is 16.4. The molecule has 0 aromatic carbocycles. The van der Waals surface area contributed by atoms with E-state index in [1.165, 1.54) is 12.7 Å². The molecular weight excluding hydrogens is 696 g/mol. The summed E-state index contributed by atoms with van der Waals surface area (Å²) in [5.74, 6) is 2.68. The lowest BCUT2D eigenvalue weighted by Gasteiger charge is -2.19. The summed E-state index contributed by atoms with van der Waals surface area (Å²) in [6.07, 6.45) is -1.86. The van der Waals surface area contributed by atoms with Crippen molar-refractivity contribution in [3.8, 4) is 6.19 Å². The molecule has 0 spiro atoms. The summed E-state index contributed by atoms with van der Waals surface area (Å²) < 4.78 is 14.6. The zero-order valence-electron chi connectivity index (χ0n) is 30.1. The van der Waals surface area contributed by atoms with Crippen LogP contribution in [-0.4, -0.2) is 145 Å². The van der Waals surface area contributed by atoms with E-state index in [9.17, 15) is 20.4 Å². The van der Waals surface area contributed by atoms with Crippen molar-refractivity contribution in [2.45, 2.75) is 89.9 Å². The molecule has 6 heterocycles. The number of anilines is 2. The Balaban J connectivity index is 0.000000202. The van der Waals surface area contributed by atoms with Crippen molar-refractivity contribution in [3.63, 3.8) is 0 Å². The number of aliphatic hydroxyl groups excluding tert-OH is 4. The molecule has 52 heavy (non-hydrogen) atoms. The quantitative estimate of drug-likeness (QED) is 0.0607. The molecule has 3 unspecified atom stereocenters. The second kappa shape index (κ2) is 15.9. The van der Waals surface area contributed by atoms with Crippen LogP contribution in [-0.2, 0) is 22.6 Å². The van der Waals surface area contributed by atoms with Crippen LogP contribution >= 0.6 is 12.2 Å². The summed E-state index contributed by atoms with van der Waals surface area (Å²) in [5, 5.41) is 55.2. The molecule has 6 rings (SSSR count). The Kier molecular flexibility index (Phi) is 11.8. The number of amidine groups is 1. The van der Waals surface area contributed by atoms with E-state index in [4.69, 9.17) is 27.0 Å². The van der Waals surface area contributed by atoms with Gasteiger partial charge >= 0.3 is 0 Å². The highest BCUT2D eigenvalue weighted by Crippen LogP contribution is 2.33. The van der Waals surface area contributed by atoms with Crippen LogP contribution in [0.3, 0.4) is 0 Å². The van der Waals surface area contributed by atoms with Crippen molar-refractivity contribution in [2.24, 2.45) is 4.99 Å². The van der Waals surface area contributed by atoms with Gasteiger partial charge in [0.25, 0.3) is 0 Å². The third kappa shape index (κ3) is 7.58. The predicted octanol–water partition coefficient (Wildman–Crippen LogP) is 0.125. The van der Waals surface area contributed by atoms with Gasteiger partial charge in [0.2, 0.25) is 6.19 Å². The average molecular weight is 741 g/mol. The molecule has 0 radical (unpaired) electrons. The maximum atomic E-state index is 10.3. The van der Waals surface area contributed by atoms with Crippen LogP contribution in [0, 0.1) is 11.5 Å². The lowest BCUT2D eigenvalue weighted by atomic mass is 10.1. The Hall–Kier alpha value is -4.69. The molecule has 0 amide bonds. The van der Waals surface area contributed by atoms with Gasteiger partial charge in [0.1, 0.15) is 30.3 Å². The number of nitrogens with one attached hydrogen (secondary N) is 2. The largest absolute Gasteiger partial charge is 0.388 e. The number of imidazole rings is 2. The van der Waals surface area contributed by atoms with E-state index in [0.717, 1.165) is 4.99 Å². The fourth-order valence-corrected chi connectivity index (χ4v) is 5.77.